The molecule has 9 nitrogen and oxygen atoms in total. The van der Waals surface area contributed by atoms with Crippen molar-refractivity contribution in [2.45, 2.75) is 45.1 Å². The molecule has 1 aliphatic rings. The molecule has 0 spiro atoms. The number of likely N-dealkylation sites (tertiary alicyclic amines) is 1. The fourth-order valence-corrected chi connectivity index (χ4v) is 4.79. The lowest BCUT2D eigenvalue weighted by atomic mass is 9.98. The maximum atomic E-state index is 13.3. The van der Waals surface area contributed by atoms with Crippen LogP contribution in [0.5, 0.6) is 0 Å². The third-order valence-electron chi connectivity index (χ3n) is 6.49. The maximum Gasteiger partial charge on any atom is 0.229 e. The van der Waals surface area contributed by atoms with Crippen LogP contribution in [-0.4, -0.2) is 43.7 Å². The van der Waals surface area contributed by atoms with Crippen LogP contribution in [0.1, 0.15) is 49.4 Å². The SMILES string of the molecule is CC(Cc1ccco1)C(=O)Nc1cc(C2CCCCN2C(=O)Cc2[nH]nc3cc(Cl)ccc23)[nH]n1. The topological polar surface area (TPSA) is 120 Å². The van der Waals surface area contributed by atoms with E-state index >= 15 is 0 Å². The number of hydrogen-bond acceptors (Lipinski definition) is 5. The number of piperidine rings is 1. The van der Waals surface area contributed by atoms with E-state index < -0.39 is 0 Å². The Kier molecular flexibility index (Phi) is 6.59. The zero-order valence-electron chi connectivity index (χ0n) is 19.4. The van der Waals surface area contributed by atoms with Gasteiger partial charge < -0.3 is 14.6 Å². The van der Waals surface area contributed by atoms with Crippen molar-refractivity contribution in [2.75, 3.05) is 11.9 Å². The van der Waals surface area contributed by atoms with Gasteiger partial charge in [-0.05, 0) is 49.6 Å². The summed E-state index contributed by atoms with van der Waals surface area (Å²) < 4.78 is 5.34. The predicted octanol–water partition coefficient (Wildman–Crippen LogP) is 4.65. The number of carbonyl (C=O) groups is 2. The fourth-order valence-electron chi connectivity index (χ4n) is 4.63. The summed E-state index contributed by atoms with van der Waals surface area (Å²) in [5.74, 6) is 0.823. The zero-order valence-corrected chi connectivity index (χ0v) is 20.1. The number of aromatic nitrogens is 4. The van der Waals surface area contributed by atoms with Crippen molar-refractivity contribution in [2.24, 2.45) is 5.92 Å². The van der Waals surface area contributed by atoms with Crippen LogP contribution in [-0.2, 0) is 22.4 Å². The number of nitrogens with zero attached hydrogens (tertiary/aromatic N) is 3. The third kappa shape index (κ3) is 5.09. The lowest BCUT2D eigenvalue weighted by Crippen LogP contribution is -2.39. The van der Waals surface area contributed by atoms with Crippen molar-refractivity contribution < 1.29 is 14.0 Å². The predicted molar refractivity (Wildman–Crippen MR) is 132 cm³/mol. The van der Waals surface area contributed by atoms with E-state index in [9.17, 15) is 9.59 Å². The van der Waals surface area contributed by atoms with E-state index in [2.05, 4.69) is 25.7 Å². The van der Waals surface area contributed by atoms with E-state index in [-0.39, 0.29) is 30.2 Å². The molecule has 2 atom stereocenters. The van der Waals surface area contributed by atoms with Crippen molar-refractivity contribution in [3.05, 3.63) is 64.8 Å². The van der Waals surface area contributed by atoms with E-state index in [1.165, 1.54) is 0 Å². The smallest absolute Gasteiger partial charge is 0.229 e. The molecule has 4 aromatic rings. The Balaban J connectivity index is 1.26. The number of furan rings is 1. The van der Waals surface area contributed by atoms with Crippen LogP contribution in [0.2, 0.25) is 5.02 Å². The average molecular weight is 495 g/mol. The number of nitrogens with one attached hydrogen (secondary N) is 3. The van der Waals surface area contributed by atoms with Crippen LogP contribution in [0.3, 0.4) is 0 Å². The maximum absolute atomic E-state index is 13.3. The first-order valence-corrected chi connectivity index (χ1v) is 12.2. The highest BCUT2D eigenvalue weighted by atomic mass is 35.5. The van der Waals surface area contributed by atoms with Crippen molar-refractivity contribution in [1.82, 2.24) is 25.3 Å². The molecule has 4 heterocycles. The van der Waals surface area contributed by atoms with Crippen LogP contribution in [0.4, 0.5) is 5.82 Å². The highest BCUT2D eigenvalue weighted by Crippen LogP contribution is 2.32. The Morgan fingerprint density at radius 2 is 2.11 bits per heavy atom. The van der Waals surface area contributed by atoms with Gasteiger partial charge in [0.15, 0.2) is 5.82 Å². The number of halogens is 1. The molecule has 5 rings (SSSR count). The molecule has 0 radical (unpaired) electrons. The van der Waals surface area contributed by atoms with Gasteiger partial charge in [-0.3, -0.25) is 19.8 Å². The molecule has 182 valence electrons. The summed E-state index contributed by atoms with van der Waals surface area (Å²) in [4.78, 5) is 27.8. The lowest BCUT2D eigenvalue weighted by molar-refractivity contribution is -0.134. The molecule has 3 N–H and O–H groups in total. The quantitative estimate of drug-likeness (QED) is 0.345. The van der Waals surface area contributed by atoms with E-state index in [0.717, 1.165) is 47.3 Å². The number of aromatic amines is 2. The molecule has 1 fully saturated rings. The zero-order chi connectivity index (χ0) is 24.4. The summed E-state index contributed by atoms with van der Waals surface area (Å²) in [5.41, 5.74) is 2.33. The van der Waals surface area contributed by atoms with Crippen molar-refractivity contribution in [3.8, 4) is 0 Å². The van der Waals surface area contributed by atoms with E-state index in [4.69, 9.17) is 16.0 Å². The summed E-state index contributed by atoms with van der Waals surface area (Å²) in [7, 11) is 0. The minimum atomic E-state index is -0.270. The summed E-state index contributed by atoms with van der Waals surface area (Å²) in [6, 6.07) is 10.8. The number of benzene rings is 1. The van der Waals surface area contributed by atoms with Gasteiger partial charge in [-0.15, -0.1) is 0 Å². The Morgan fingerprint density at radius 1 is 1.23 bits per heavy atom. The minimum Gasteiger partial charge on any atom is -0.469 e. The standard InChI is InChI=1S/C25H27ClN6O3/c1-15(11-17-5-4-10-35-17)25(34)27-23-13-21(30-31-23)22-6-2-3-9-32(22)24(33)14-20-18-8-7-16(26)12-19(18)28-29-20/h4-5,7-8,10,12-13,15,22H,2-3,6,9,11,14H2,1H3,(H,28,29)(H2,27,30,31,34). The molecular weight excluding hydrogens is 468 g/mol. The highest BCUT2D eigenvalue weighted by Gasteiger charge is 2.30. The van der Waals surface area contributed by atoms with Crippen LogP contribution < -0.4 is 5.32 Å². The molecule has 1 saturated heterocycles. The number of hydrogen-bond donors (Lipinski definition) is 3. The molecule has 0 saturated carbocycles. The van der Waals surface area contributed by atoms with E-state index in [1.807, 2.05) is 36.1 Å². The largest absolute Gasteiger partial charge is 0.469 e. The van der Waals surface area contributed by atoms with Gasteiger partial charge in [0.05, 0.1) is 35.6 Å². The number of H-pyrrole nitrogens is 2. The molecule has 35 heavy (non-hydrogen) atoms. The average Bonchev–Trinajstić information content (AvgIpc) is 3.61. The number of carbonyl (C=O) groups excluding carboxylic acids is 2. The molecule has 3 aromatic heterocycles. The van der Waals surface area contributed by atoms with Gasteiger partial charge >= 0.3 is 0 Å². The lowest BCUT2D eigenvalue weighted by Gasteiger charge is -2.35. The van der Waals surface area contributed by atoms with Gasteiger partial charge in [0.1, 0.15) is 5.76 Å². The second kappa shape index (κ2) is 9.95. The van der Waals surface area contributed by atoms with Crippen molar-refractivity contribution in [3.63, 3.8) is 0 Å². The molecule has 2 unspecified atom stereocenters. The normalized spacial score (nSPS) is 17.0. The molecule has 10 heteroatoms. The Bertz CT molecular complexity index is 1330. The Morgan fingerprint density at radius 3 is 2.94 bits per heavy atom. The number of amides is 2. The van der Waals surface area contributed by atoms with E-state index in [1.54, 1.807) is 18.4 Å². The molecular formula is C25H27ClN6O3. The summed E-state index contributed by atoms with van der Waals surface area (Å²) in [6.45, 7) is 2.52. The van der Waals surface area contributed by atoms with Gasteiger partial charge in [-0.2, -0.15) is 10.2 Å². The number of anilines is 1. The fraction of sp³-hybridized carbons (Fsp3) is 0.360. The third-order valence-corrected chi connectivity index (χ3v) is 6.73. The summed E-state index contributed by atoms with van der Waals surface area (Å²) >= 11 is 6.06. The molecule has 2 amide bonds. The van der Waals surface area contributed by atoms with Gasteiger partial charge in [-0.1, -0.05) is 18.5 Å². The number of fused-ring (bicyclic) bond motifs is 1. The second-order valence-electron chi connectivity index (χ2n) is 9.02. The summed E-state index contributed by atoms with van der Waals surface area (Å²) in [5, 5.41) is 19.0. The van der Waals surface area contributed by atoms with Crippen molar-refractivity contribution in [1.29, 1.82) is 0 Å². The molecule has 0 aliphatic carbocycles. The van der Waals surface area contributed by atoms with E-state index in [0.29, 0.717) is 23.8 Å². The first-order valence-electron chi connectivity index (χ1n) is 11.8. The molecule has 1 aliphatic heterocycles. The highest BCUT2D eigenvalue weighted by molar-refractivity contribution is 6.31. The first kappa shape index (κ1) is 23.2. The first-order chi connectivity index (χ1) is 17.0. The monoisotopic (exact) mass is 494 g/mol. The number of rotatable bonds is 7. The van der Waals surface area contributed by atoms with Gasteiger partial charge in [-0.25, -0.2) is 0 Å². The van der Waals surface area contributed by atoms with Crippen LogP contribution in [0.15, 0.2) is 47.1 Å². The Hall–Kier alpha value is -3.59. The van der Waals surface area contributed by atoms with Gasteiger partial charge in [0.2, 0.25) is 11.8 Å². The summed E-state index contributed by atoms with van der Waals surface area (Å²) in [6.07, 6.45) is 5.12. The van der Waals surface area contributed by atoms with Crippen molar-refractivity contribution >= 4 is 40.1 Å². The minimum absolute atomic E-state index is 0.0162. The van der Waals surface area contributed by atoms with Crippen LogP contribution in [0, 0.1) is 5.92 Å². The van der Waals surface area contributed by atoms with Crippen LogP contribution >= 0.6 is 11.6 Å². The second-order valence-corrected chi connectivity index (χ2v) is 9.46. The van der Waals surface area contributed by atoms with Gasteiger partial charge in [0.25, 0.3) is 0 Å². The van der Waals surface area contributed by atoms with Gasteiger partial charge in [0, 0.05) is 35.4 Å². The van der Waals surface area contributed by atoms with Crippen LogP contribution in [0.25, 0.3) is 10.9 Å². The molecule has 1 aromatic carbocycles. The Labute approximate surface area is 207 Å². The molecule has 0 bridgehead atoms.